The Kier molecular flexibility index (Phi) is 1.68. The van der Waals surface area contributed by atoms with Crippen LogP contribution in [0.25, 0.3) is 0 Å². The first-order chi connectivity index (χ1) is 5.13. The van der Waals surface area contributed by atoms with Crippen molar-refractivity contribution in [3.8, 4) is 5.75 Å². The van der Waals surface area contributed by atoms with E-state index in [1.807, 2.05) is 0 Å². The summed E-state index contributed by atoms with van der Waals surface area (Å²) in [5.74, 6) is -0.905. The van der Waals surface area contributed by atoms with Crippen LogP contribution in [0.1, 0.15) is 10.4 Å². The minimum absolute atomic E-state index is 0.0208. The van der Waals surface area contributed by atoms with Crippen molar-refractivity contribution in [3.05, 3.63) is 23.8 Å². The van der Waals surface area contributed by atoms with Crippen LogP contribution in [0.5, 0.6) is 5.75 Å². The highest BCUT2D eigenvalue weighted by atomic mass is 16.3. The number of anilines is 1. The number of carbonyl (C=O) groups excluding carboxylic acids is 1. The number of phenols is 1. The molecule has 58 valence electrons. The predicted molar refractivity (Wildman–Crippen MR) is 41.0 cm³/mol. The van der Waals surface area contributed by atoms with Gasteiger partial charge in [-0.1, -0.05) is 6.07 Å². The standard InChI is InChI=1S/C7H8N2O2/c8-4-2-1-3-5(10)6(4)7(9)11/h1-3,10H,8H2,(H2,9,11). The number of aromatic hydroxyl groups is 1. The van der Waals surface area contributed by atoms with E-state index in [0.29, 0.717) is 0 Å². The Morgan fingerprint density at radius 3 is 2.45 bits per heavy atom. The van der Waals surface area contributed by atoms with Crippen LogP contribution in [-0.4, -0.2) is 11.0 Å². The van der Waals surface area contributed by atoms with Gasteiger partial charge in [0.1, 0.15) is 11.3 Å². The molecule has 0 aromatic heterocycles. The molecule has 0 fully saturated rings. The first-order valence-corrected chi connectivity index (χ1v) is 3.00. The molecule has 1 rings (SSSR count). The Morgan fingerprint density at radius 1 is 1.45 bits per heavy atom. The molecule has 5 N–H and O–H groups in total. The van der Waals surface area contributed by atoms with Gasteiger partial charge in [-0.05, 0) is 12.1 Å². The molecule has 0 saturated heterocycles. The molecular weight excluding hydrogens is 144 g/mol. The molecule has 0 aliphatic rings. The van der Waals surface area contributed by atoms with Crippen molar-refractivity contribution in [2.24, 2.45) is 5.73 Å². The Hall–Kier alpha value is -1.71. The van der Waals surface area contributed by atoms with E-state index >= 15 is 0 Å². The molecule has 11 heavy (non-hydrogen) atoms. The van der Waals surface area contributed by atoms with Gasteiger partial charge in [0.15, 0.2) is 0 Å². The summed E-state index contributed by atoms with van der Waals surface area (Å²) in [5, 5.41) is 9.08. The maximum absolute atomic E-state index is 10.6. The molecule has 0 atom stereocenters. The quantitative estimate of drug-likeness (QED) is 0.497. The van der Waals surface area contributed by atoms with Crippen molar-refractivity contribution in [2.45, 2.75) is 0 Å². The first kappa shape index (κ1) is 7.40. The number of primary amides is 1. The van der Waals surface area contributed by atoms with E-state index in [1.165, 1.54) is 18.2 Å². The van der Waals surface area contributed by atoms with Crippen LogP contribution in [0.2, 0.25) is 0 Å². The average Bonchev–Trinajstić information content (AvgIpc) is 1.85. The molecule has 0 heterocycles. The van der Waals surface area contributed by atoms with Gasteiger partial charge in [0, 0.05) is 5.69 Å². The Balaban J connectivity index is 3.32. The number of carbonyl (C=O) groups is 1. The molecule has 0 bridgehead atoms. The van der Waals surface area contributed by atoms with Gasteiger partial charge in [0.25, 0.3) is 5.91 Å². The first-order valence-electron chi connectivity index (χ1n) is 3.00. The van der Waals surface area contributed by atoms with Crippen LogP contribution in [0.4, 0.5) is 5.69 Å². The highest BCUT2D eigenvalue weighted by Crippen LogP contribution is 2.21. The molecule has 0 aliphatic carbocycles. The minimum atomic E-state index is -0.722. The van der Waals surface area contributed by atoms with Crippen LogP contribution in [0.3, 0.4) is 0 Å². The third-order valence-corrected chi connectivity index (χ3v) is 1.32. The highest BCUT2D eigenvalue weighted by Gasteiger charge is 2.09. The van der Waals surface area contributed by atoms with E-state index in [2.05, 4.69) is 0 Å². The van der Waals surface area contributed by atoms with Gasteiger partial charge in [-0.2, -0.15) is 0 Å². The Bertz CT molecular complexity index is 276. The molecule has 0 saturated carbocycles. The van der Waals surface area contributed by atoms with Gasteiger partial charge in [-0.25, -0.2) is 0 Å². The topological polar surface area (TPSA) is 89.3 Å². The number of benzene rings is 1. The van der Waals surface area contributed by atoms with Crippen molar-refractivity contribution in [2.75, 3.05) is 5.73 Å². The van der Waals surface area contributed by atoms with Crippen molar-refractivity contribution in [1.82, 2.24) is 0 Å². The molecule has 1 amide bonds. The van der Waals surface area contributed by atoms with Crippen LogP contribution in [0.15, 0.2) is 18.2 Å². The molecule has 1 aromatic carbocycles. The SMILES string of the molecule is NC(=O)c1c(N)cccc1O. The van der Waals surface area contributed by atoms with Crippen molar-refractivity contribution >= 4 is 11.6 Å². The van der Waals surface area contributed by atoms with Gasteiger partial charge in [-0.3, -0.25) is 4.79 Å². The second-order valence-corrected chi connectivity index (χ2v) is 2.11. The summed E-state index contributed by atoms with van der Waals surface area (Å²) in [4.78, 5) is 10.6. The third-order valence-electron chi connectivity index (χ3n) is 1.32. The molecule has 0 radical (unpaired) electrons. The molecule has 1 aromatic rings. The van der Waals surface area contributed by atoms with E-state index in [1.54, 1.807) is 0 Å². The molecule has 4 nitrogen and oxygen atoms in total. The zero-order chi connectivity index (χ0) is 8.43. The fraction of sp³-hybridized carbons (Fsp3) is 0. The lowest BCUT2D eigenvalue weighted by molar-refractivity contribution is 0.0998. The summed E-state index contributed by atoms with van der Waals surface area (Å²) >= 11 is 0. The molecular formula is C7H8N2O2. The normalized spacial score (nSPS) is 9.45. The van der Waals surface area contributed by atoms with Gasteiger partial charge < -0.3 is 16.6 Å². The average molecular weight is 152 g/mol. The second-order valence-electron chi connectivity index (χ2n) is 2.11. The van der Waals surface area contributed by atoms with E-state index in [9.17, 15) is 4.79 Å². The lowest BCUT2D eigenvalue weighted by atomic mass is 10.1. The van der Waals surface area contributed by atoms with Gasteiger partial charge in [0.05, 0.1) is 0 Å². The maximum atomic E-state index is 10.6. The summed E-state index contributed by atoms with van der Waals surface area (Å²) in [6.45, 7) is 0. The van der Waals surface area contributed by atoms with E-state index < -0.39 is 5.91 Å². The summed E-state index contributed by atoms with van der Waals surface area (Å²) < 4.78 is 0. The monoisotopic (exact) mass is 152 g/mol. The molecule has 4 heteroatoms. The molecule has 0 spiro atoms. The van der Waals surface area contributed by atoms with Crippen LogP contribution in [-0.2, 0) is 0 Å². The zero-order valence-electron chi connectivity index (χ0n) is 5.74. The van der Waals surface area contributed by atoms with Gasteiger partial charge >= 0.3 is 0 Å². The Labute approximate surface area is 63.4 Å². The van der Waals surface area contributed by atoms with E-state index in [4.69, 9.17) is 16.6 Å². The fourth-order valence-corrected chi connectivity index (χ4v) is 0.826. The largest absolute Gasteiger partial charge is 0.507 e. The molecule has 0 aliphatic heterocycles. The number of rotatable bonds is 1. The number of amides is 1. The van der Waals surface area contributed by atoms with Crippen LogP contribution >= 0.6 is 0 Å². The molecule has 0 unspecified atom stereocenters. The van der Waals surface area contributed by atoms with E-state index in [-0.39, 0.29) is 17.0 Å². The zero-order valence-corrected chi connectivity index (χ0v) is 5.74. The predicted octanol–water partition coefficient (Wildman–Crippen LogP) is 0.0733. The third kappa shape index (κ3) is 1.24. The summed E-state index contributed by atoms with van der Waals surface area (Å²) in [6, 6.07) is 4.40. The lowest BCUT2D eigenvalue weighted by Gasteiger charge is -2.02. The van der Waals surface area contributed by atoms with Crippen molar-refractivity contribution < 1.29 is 9.90 Å². The van der Waals surface area contributed by atoms with Crippen LogP contribution in [0, 0.1) is 0 Å². The van der Waals surface area contributed by atoms with Crippen molar-refractivity contribution in [3.63, 3.8) is 0 Å². The number of nitrogens with two attached hydrogens (primary N) is 2. The smallest absolute Gasteiger partial charge is 0.254 e. The van der Waals surface area contributed by atoms with Crippen molar-refractivity contribution in [1.29, 1.82) is 0 Å². The Morgan fingerprint density at radius 2 is 2.09 bits per heavy atom. The number of hydrogen-bond donors (Lipinski definition) is 3. The van der Waals surface area contributed by atoms with Gasteiger partial charge in [0.2, 0.25) is 0 Å². The summed E-state index contributed by atoms with van der Waals surface area (Å²) in [5.41, 5.74) is 10.5. The lowest BCUT2D eigenvalue weighted by Crippen LogP contribution is -2.13. The maximum Gasteiger partial charge on any atom is 0.254 e. The second kappa shape index (κ2) is 2.49. The summed E-state index contributed by atoms with van der Waals surface area (Å²) in [6.07, 6.45) is 0. The minimum Gasteiger partial charge on any atom is -0.507 e. The van der Waals surface area contributed by atoms with Gasteiger partial charge in [-0.15, -0.1) is 0 Å². The van der Waals surface area contributed by atoms with Crippen LogP contribution < -0.4 is 11.5 Å². The highest BCUT2D eigenvalue weighted by molar-refractivity contribution is 6.00. The summed E-state index contributed by atoms with van der Waals surface area (Å²) in [7, 11) is 0. The van der Waals surface area contributed by atoms with E-state index in [0.717, 1.165) is 0 Å². The number of hydrogen-bond acceptors (Lipinski definition) is 3. The fourth-order valence-electron chi connectivity index (χ4n) is 0.826. The number of nitrogen functional groups attached to an aromatic ring is 1.